The second-order valence-corrected chi connectivity index (χ2v) is 6.65. The summed E-state index contributed by atoms with van der Waals surface area (Å²) >= 11 is 9.51. The van der Waals surface area contributed by atoms with Crippen LogP contribution in [0.5, 0.6) is 0 Å². The van der Waals surface area contributed by atoms with Crippen LogP contribution < -0.4 is 0 Å². The largest absolute Gasteiger partial charge is 0.225 e. The lowest BCUT2D eigenvalue weighted by molar-refractivity contribution is 1.33. The van der Waals surface area contributed by atoms with Gasteiger partial charge in [-0.3, -0.25) is 0 Å². The van der Waals surface area contributed by atoms with Crippen molar-refractivity contribution in [3.05, 3.63) is 72.4 Å². The molecule has 1 nitrogen and oxygen atoms in total. The monoisotopic (exact) mass is 397 g/mol. The summed E-state index contributed by atoms with van der Waals surface area (Å²) in [4.78, 5) is 4.16. The first-order valence-corrected chi connectivity index (χ1v) is 8.04. The van der Waals surface area contributed by atoms with Gasteiger partial charge >= 0.3 is 0 Å². The molecule has 1 aromatic carbocycles. The fourth-order valence-electron chi connectivity index (χ4n) is 1.74. The van der Waals surface area contributed by atoms with Gasteiger partial charge in [0.15, 0.2) is 4.47 Å². The van der Waals surface area contributed by atoms with E-state index in [-0.39, 0.29) is 0 Å². The molecule has 94 valence electrons. The van der Waals surface area contributed by atoms with E-state index in [2.05, 4.69) is 45.8 Å². The molecule has 0 spiro atoms. The van der Waals surface area contributed by atoms with E-state index in [1.165, 1.54) is 25.3 Å². The minimum Gasteiger partial charge on any atom is -0.225 e. The van der Waals surface area contributed by atoms with Crippen LogP contribution in [0, 0.1) is 14.0 Å². The number of hydrogen-bond donors (Lipinski definition) is 0. The van der Waals surface area contributed by atoms with Crippen molar-refractivity contribution in [3.63, 3.8) is 0 Å². The maximum Gasteiger partial charge on any atom is 0.184 e. The maximum absolute atomic E-state index is 5.72. The van der Waals surface area contributed by atoms with E-state index in [0.29, 0.717) is 4.47 Å². The van der Waals surface area contributed by atoms with E-state index >= 15 is 0 Å². The third kappa shape index (κ3) is 2.83. The van der Waals surface area contributed by atoms with Crippen LogP contribution in [0.1, 0.15) is 0 Å². The van der Waals surface area contributed by atoms with Gasteiger partial charge in [0.1, 0.15) is 0 Å². The van der Waals surface area contributed by atoms with Gasteiger partial charge in [-0.05, 0) is 39.1 Å². The second-order valence-electron chi connectivity index (χ2n) is 4.05. The molecule has 0 aliphatic heterocycles. The number of benzene rings is 2. The summed E-state index contributed by atoms with van der Waals surface area (Å²) in [5.74, 6) is 0. The second kappa shape index (κ2) is 5.61. The van der Waals surface area contributed by atoms with Gasteiger partial charge in [-0.1, -0.05) is 54.1 Å². The van der Waals surface area contributed by atoms with Crippen molar-refractivity contribution >= 4 is 45.5 Å². The average Bonchev–Trinajstić information content (AvgIpc) is 2.84. The lowest BCUT2D eigenvalue weighted by atomic mass is 10.1. The first-order chi connectivity index (χ1) is 9.24. The summed E-state index contributed by atoms with van der Waals surface area (Å²) in [5, 5.41) is 4.85. The maximum atomic E-state index is 5.72. The molecule has 0 unspecified atom stereocenters. The Morgan fingerprint density at radius 2 is 1.84 bits per heavy atom. The van der Waals surface area contributed by atoms with Crippen LogP contribution in [-0.4, -0.2) is 4.98 Å². The third-order valence-electron chi connectivity index (χ3n) is 2.83. The van der Waals surface area contributed by atoms with E-state index in [0.717, 1.165) is 11.3 Å². The van der Waals surface area contributed by atoms with Gasteiger partial charge in [-0.2, -0.15) is 0 Å². The summed E-state index contributed by atoms with van der Waals surface area (Å²) < 4.78 is 2.00. The average molecular weight is 398 g/mol. The Labute approximate surface area is 133 Å². The molecule has 0 atom stereocenters. The predicted molar refractivity (Wildman–Crippen MR) is 89.4 cm³/mol. The Morgan fingerprint density at radius 1 is 1.05 bits per heavy atom. The van der Waals surface area contributed by atoms with Gasteiger partial charge in [0.05, 0.1) is 5.69 Å². The molecule has 0 saturated heterocycles. The molecule has 4 rings (SSSR count). The minimum atomic E-state index is 0.592. The smallest absolute Gasteiger partial charge is 0.184 e. The lowest BCUT2D eigenvalue weighted by Gasteiger charge is -2.02. The molecule has 0 N–H and O–H groups in total. The fourth-order valence-corrected chi connectivity index (χ4v) is 3.34. The molecule has 4 heteroatoms. The van der Waals surface area contributed by atoms with Gasteiger partial charge in [-0.25, -0.2) is 4.98 Å². The molecule has 1 aromatic heterocycles. The highest BCUT2D eigenvalue weighted by atomic mass is 127. The zero-order chi connectivity index (χ0) is 13.2. The number of rotatable bonds is 1. The van der Waals surface area contributed by atoms with Crippen molar-refractivity contribution in [1.82, 2.24) is 4.98 Å². The lowest BCUT2D eigenvalue weighted by Crippen LogP contribution is -1.88. The van der Waals surface area contributed by atoms with Crippen LogP contribution >= 0.6 is 45.5 Å². The van der Waals surface area contributed by atoms with Crippen LogP contribution in [0.25, 0.3) is 11.3 Å². The molecule has 0 fully saturated rings. The number of hydrogen-bond acceptors (Lipinski definition) is 2. The van der Waals surface area contributed by atoms with Crippen molar-refractivity contribution < 1.29 is 0 Å². The molecule has 1 heterocycles. The normalized spacial score (nSPS) is 10.6. The summed E-state index contributed by atoms with van der Waals surface area (Å²) in [6, 6.07) is 16.5. The van der Waals surface area contributed by atoms with Gasteiger partial charge in [-0.15, -0.1) is 11.3 Å². The molecule has 2 aliphatic rings. The van der Waals surface area contributed by atoms with Gasteiger partial charge in [0.2, 0.25) is 0 Å². The third-order valence-corrected chi connectivity index (χ3v) is 4.70. The first-order valence-electron chi connectivity index (χ1n) is 5.70. The topological polar surface area (TPSA) is 12.9 Å². The van der Waals surface area contributed by atoms with Crippen molar-refractivity contribution in [2.75, 3.05) is 0 Å². The standard InChI is InChI=1S/C9H6ClNS.C6H3I/c10-9-11-8(6-12-9)7-4-2-1-3-5-7;7-6-3-4-1-2-5(4)6/h1-6H;1-3H. The molecular weight excluding hydrogens is 389 g/mol. The SMILES string of the molecule is Clc1nc(-c2ccccc2)cs1.Ic1cc2ccc1=2. The van der Waals surface area contributed by atoms with Gasteiger partial charge < -0.3 is 0 Å². The van der Waals surface area contributed by atoms with Gasteiger partial charge in [0, 0.05) is 14.5 Å². The predicted octanol–water partition coefficient (Wildman–Crippen LogP) is 5.36. The van der Waals surface area contributed by atoms with E-state index in [1.54, 1.807) is 0 Å². The number of thiazole rings is 1. The zero-order valence-corrected chi connectivity index (χ0v) is 13.5. The summed E-state index contributed by atoms with van der Waals surface area (Å²) in [6.45, 7) is 0. The van der Waals surface area contributed by atoms with Crippen molar-refractivity contribution in [2.24, 2.45) is 0 Å². The van der Waals surface area contributed by atoms with E-state index in [9.17, 15) is 0 Å². The van der Waals surface area contributed by atoms with E-state index < -0.39 is 0 Å². The van der Waals surface area contributed by atoms with Crippen LogP contribution in [0.4, 0.5) is 0 Å². The Bertz CT molecular complexity index is 799. The minimum absolute atomic E-state index is 0.592. The summed E-state index contributed by atoms with van der Waals surface area (Å²) in [5.41, 5.74) is 2.06. The van der Waals surface area contributed by atoms with Crippen LogP contribution in [-0.2, 0) is 0 Å². The van der Waals surface area contributed by atoms with Crippen molar-refractivity contribution in [3.8, 4) is 11.3 Å². The number of halogens is 2. The molecule has 0 saturated carbocycles. The highest BCUT2D eigenvalue weighted by molar-refractivity contribution is 14.1. The summed E-state index contributed by atoms with van der Waals surface area (Å²) in [7, 11) is 0. The summed E-state index contributed by atoms with van der Waals surface area (Å²) in [6.07, 6.45) is 0. The molecule has 2 aromatic rings. The molecule has 0 bridgehead atoms. The number of aromatic nitrogens is 1. The van der Waals surface area contributed by atoms with Crippen LogP contribution in [0.15, 0.2) is 53.9 Å². The van der Waals surface area contributed by atoms with Crippen molar-refractivity contribution in [1.29, 1.82) is 0 Å². The first kappa shape index (κ1) is 13.1. The molecule has 0 amide bonds. The fraction of sp³-hybridized carbons (Fsp3) is 0. The number of nitrogens with zero attached hydrogens (tertiary/aromatic N) is 1. The van der Waals surface area contributed by atoms with E-state index in [4.69, 9.17) is 11.6 Å². The highest BCUT2D eigenvalue weighted by Gasteiger charge is 2.00. The van der Waals surface area contributed by atoms with Crippen molar-refractivity contribution in [2.45, 2.75) is 0 Å². The zero-order valence-electron chi connectivity index (χ0n) is 9.81. The van der Waals surface area contributed by atoms with Gasteiger partial charge in [0.25, 0.3) is 0 Å². The Hall–Kier alpha value is -0.910. The van der Waals surface area contributed by atoms with Crippen LogP contribution in [0.3, 0.4) is 0 Å². The Kier molecular flexibility index (Phi) is 3.86. The molecule has 0 radical (unpaired) electrons. The molecular formula is C15H9ClINS. The molecule has 2 aliphatic carbocycles. The quantitative estimate of drug-likeness (QED) is 0.394. The van der Waals surface area contributed by atoms with Crippen LogP contribution in [0.2, 0.25) is 4.47 Å². The van der Waals surface area contributed by atoms with E-state index in [1.807, 2.05) is 35.7 Å². The highest BCUT2D eigenvalue weighted by Crippen LogP contribution is 2.23. The Balaban J connectivity index is 0.000000132. The molecule has 19 heavy (non-hydrogen) atoms. The Morgan fingerprint density at radius 3 is 2.21 bits per heavy atom.